The summed E-state index contributed by atoms with van der Waals surface area (Å²) in [6.07, 6.45) is 1.76. The zero-order chi connectivity index (χ0) is 19.3. The van der Waals surface area contributed by atoms with Crippen LogP contribution in [0.15, 0.2) is 54.6 Å². The predicted molar refractivity (Wildman–Crippen MR) is 109 cm³/mol. The molecule has 6 heteroatoms. The number of ether oxygens (including phenoxy) is 1. The number of hydrogen-bond donors (Lipinski definition) is 2. The normalized spacial score (nSPS) is 23.0. The van der Waals surface area contributed by atoms with Crippen molar-refractivity contribution in [1.82, 2.24) is 20.7 Å². The van der Waals surface area contributed by atoms with Crippen molar-refractivity contribution in [3.63, 3.8) is 0 Å². The molecule has 148 valence electrons. The highest BCUT2D eigenvalue weighted by Gasteiger charge is 2.32. The molecule has 28 heavy (non-hydrogen) atoms. The van der Waals surface area contributed by atoms with Gasteiger partial charge in [-0.3, -0.25) is 9.69 Å². The van der Waals surface area contributed by atoms with E-state index in [0.29, 0.717) is 18.6 Å². The van der Waals surface area contributed by atoms with E-state index in [2.05, 4.69) is 40.0 Å². The van der Waals surface area contributed by atoms with Crippen LogP contribution in [0.1, 0.15) is 23.6 Å². The fraction of sp³-hybridized carbons (Fsp3) is 0.409. The molecule has 4 rings (SSSR count). The van der Waals surface area contributed by atoms with E-state index in [4.69, 9.17) is 4.74 Å². The van der Waals surface area contributed by atoms with E-state index >= 15 is 0 Å². The number of nitrogens with zero attached hydrogens (tertiary/aromatic N) is 2. The maximum atomic E-state index is 12.7. The number of rotatable bonds is 5. The van der Waals surface area contributed by atoms with Crippen LogP contribution in [0.2, 0.25) is 0 Å². The lowest BCUT2D eigenvalue weighted by Gasteiger charge is -2.37. The van der Waals surface area contributed by atoms with Crippen LogP contribution in [0, 0.1) is 0 Å². The number of methoxy groups -OCH3 is 1. The summed E-state index contributed by atoms with van der Waals surface area (Å²) < 4.78 is 5.25. The van der Waals surface area contributed by atoms with E-state index < -0.39 is 0 Å². The first kappa shape index (κ1) is 18.9. The van der Waals surface area contributed by atoms with Crippen molar-refractivity contribution in [2.45, 2.75) is 25.0 Å². The maximum Gasteiger partial charge on any atom is 0.227 e. The van der Waals surface area contributed by atoms with Gasteiger partial charge in [-0.15, -0.1) is 0 Å². The highest BCUT2D eigenvalue weighted by Crippen LogP contribution is 2.24. The Morgan fingerprint density at radius 2 is 1.82 bits per heavy atom. The summed E-state index contributed by atoms with van der Waals surface area (Å²) in [5.41, 5.74) is 9.15. The molecule has 2 aromatic carbocycles. The van der Waals surface area contributed by atoms with Crippen LogP contribution in [0.25, 0.3) is 0 Å². The molecule has 1 amide bonds. The topological polar surface area (TPSA) is 56.8 Å². The number of amides is 1. The van der Waals surface area contributed by atoms with E-state index in [1.165, 1.54) is 5.56 Å². The molecule has 2 N–H and O–H groups in total. The molecule has 0 aliphatic carbocycles. The molecule has 2 aliphatic rings. The number of benzene rings is 2. The number of hydrogen-bond acceptors (Lipinski definition) is 5. The van der Waals surface area contributed by atoms with Gasteiger partial charge in [-0.05, 0) is 29.7 Å². The van der Waals surface area contributed by atoms with Crippen molar-refractivity contribution in [2.75, 3.05) is 33.3 Å². The number of piperazine rings is 1. The molecule has 2 fully saturated rings. The summed E-state index contributed by atoms with van der Waals surface area (Å²) in [6.45, 7) is 3.34. The van der Waals surface area contributed by atoms with Crippen LogP contribution in [0.3, 0.4) is 0 Å². The second kappa shape index (κ2) is 8.73. The fourth-order valence-corrected chi connectivity index (χ4v) is 4.03. The molecule has 2 unspecified atom stereocenters. The minimum Gasteiger partial charge on any atom is -0.497 e. The second-order valence-corrected chi connectivity index (χ2v) is 7.45. The summed E-state index contributed by atoms with van der Waals surface area (Å²) in [5.74, 6) is 0.982. The van der Waals surface area contributed by atoms with Gasteiger partial charge < -0.3 is 9.64 Å². The third kappa shape index (κ3) is 4.35. The van der Waals surface area contributed by atoms with Crippen molar-refractivity contribution in [3.8, 4) is 5.75 Å². The summed E-state index contributed by atoms with van der Waals surface area (Å²) in [7, 11) is 1.65. The van der Waals surface area contributed by atoms with E-state index in [1.54, 1.807) is 7.11 Å². The van der Waals surface area contributed by atoms with Gasteiger partial charge in [0.1, 0.15) is 5.75 Å². The average Bonchev–Trinajstić information content (AvgIpc) is 3.25. The molecule has 0 aromatic heterocycles. The summed E-state index contributed by atoms with van der Waals surface area (Å²) in [4.78, 5) is 17.1. The number of carbonyl (C=O) groups excluding carboxylic acids is 1. The lowest BCUT2D eigenvalue weighted by Crippen LogP contribution is -2.55. The van der Waals surface area contributed by atoms with Gasteiger partial charge in [0.05, 0.1) is 19.7 Å². The van der Waals surface area contributed by atoms with Gasteiger partial charge in [-0.25, -0.2) is 10.9 Å². The average molecular weight is 380 g/mol. The van der Waals surface area contributed by atoms with Crippen molar-refractivity contribution in [3.05, 3.63) is 65.7 Å². The van der Waals surface area contributed by atoms with Gasteiger partial charge in [-0.2, -0.15) is 0 Å². The molecule has 0 radical (unpaired) electrons. The third-order valence-corrected chi connectivity index (χ3v) is 5.68. The minimum atomic E-state index is 0.188. The Morgan fingerprint density at radius 3 is 2.57 bits per heavy atom. The molecule has 2 aromatic rings. The lowest BCUT2D eigenvalue weighted by molar-refractivity contribution is -0.132. The molecule has 0 saturated carbocycles. The zero-order valence-electron chi connectivity index (χ0n) is 16.3. The SMILES string of the molecule is COc1cccc(CC(=O)N2CCN(C3CC(c4ccccc4)NN3)CC2)c1. The van der Waals surface area contributed by atoms with Gasteiger partial charge in [0.15, 0.2) is 0 Å². The van der Waals surface area contributed by atoms with Gasteiger partial charge in [0, 0.05) is 32.2 Å². The third-order valence-electron chi connectivity index (χ3n) is 5.68. The molecular formula is C22H28N4O2. The Bertz CT molecular complexity index is 790. The molecule has 2 atom stereocenters. The van der Waals surface area contributed by atoms with Gasteiger partial charge in [-0.1, -0.05) is 42.5 Å². The quantitative estimate of drug-likeness (QED) is 0.830. The Morgan fingerprint density at radius 1 is 1.04 bits per heavy atom. The predicted octanol–water partition coefficient (Wildman–Crippen LogP) is 1.95. The van der Waals surface area contributed by atoms with Crippen LogP contribution < -0.4 is 15.6 Å². The van der Waals surface area contributed by atoms with E-state index in [9.17, 15) is 4.79 Å². The van der Waals surface area contributed by atoms with Crippen LogP contribution in [-0.4, -0.2) is 55.2 Å². The first-order valence-electron chi connectivity index (χ1n) is 9.93. The van der Waals surface area contributed by atoms with Crippen molar-refractivity contribution < 1.29 is 9.53 Å². The summed E-state index contributed by atoms with van der Waals surface area (Å²) >= 11 is 0. The van der Waals surface area contributed by atoms with Crippen LogP contribution in [0.4, 0.5) is 0 Å². The molecule has 2 heterocycles. The first-order valence-corrected chi connectivity index (χ1v) is 9.93. The Hall–Kier alpha value is -2.41. The highest BCUT2D eigenvalue weighted by molar-refractivity contribution is 5.79. The molecule has 2 aliphatic heterocycles. The van der Waals surface area contributed by atoms with E-state index in [1.807, 2.05) is 35.2 Å². The number of carbonyl (C=O) groups is 1. The Labute approximate surface area is 166 Å². The second-order valence-electron chi connectivity index (χ2n) is 7.45. The monoisotopic (exact) mass is 380 g/mol. The smallest absolute Gasteiger partial charge is 0.227 e. The molecular weight excluding hydrogens is 352 g/mol. The van der Waals surface area contributed by atoms with Gasteiger partial charge in [0.2, 0.25) is 5.91 Å². The fourth-order valence-electron chi connectivity index (χ4n) is 4.03. The maximum absolute atomic E-state index is 12.7. The van der Waals surface area contributed by atoms with Crippen LogP contribution in [0.5, 0.6) is 5.75 Å². The molecule has 0 bridgehead atoms. The van der Waals surface area contributed by atoms with Crippen molar-refractivity contribution in [1.29, 1.82) is 0 Å². The standard InChI is InChI=1S/C22H28N4O2/c1-28-19-9-5-6-17(14-19)15-22(27)26-12-10-25(11-13-26)21-16-20(23-24-21)18-7-3-2-4-8-18/h2-9,14,20-21,23-24H,10-13,15-16H2,1H3. The van der Waals surface area contributed by atoms with Crippen LogP contribution >= 0.6 is 0 Å². The lowest BCUT2D eigenvalue weighted by atomic mass is 10.0. The van der Waals surface area contributed by atoms with E-state index in [0.717, 1.165) is 43.9 Å². The number of nitrogens with one attached hydrogen (secondary N) is 2. The van der Waals surface area contributed by atoms with Gasteiger partial charge >= 0.3 is 0 Å². The highest BCUT2D eigenvalue weighted by atomic mass is 16.5. The summed E-state index contributed by atoms with van der Waals surface area (Å²) in [5, 5.41) is 0. The van der Waals surface area contributed by atoms with E-state index in [-0.39, 0.29) is 5.91 Å². The minimum absolute atomic E-state index is 0.188. The molecule has 6 nitrogen and oxygen atoms in total. The van der Waals surface area contributed by atoms with Crippen molar-refractivity contribution >= 4 is 5.91 Å². The van der Waals surface area contributed by atoms with Crippen molar-refractivity contribution in [2.24, 2.45) is 0 Å². The zero-order valence-corrected chi connectivity index (χ0v) is 16.3. The first-order chi connectivity index (χ1) is 13.7. The Balaban J connectivity index is 1.27. The molecule has 0 spiro atoms. The van der Waals surface area contributed by atoms with Crippen LogP contribution in [-0.2, 0) is 11.2 Å². The summed E-state index contributed by atoms with van der Waals surface area (Å²) in [6, 6.07) is 18.6. The molecule has 2 saturated heterocycles. The largest absolute Gasteiger partial charge is 0.497 e. The van der Waals surface area contributed by atoms with Gasteiger partial charge in [0.25, 0.3) is 0 Å². The number of hydrazine groups is 1. The Kier molecular flexibility index (Phi) is 5.90.